The molecule has 33 heavy (non-hydrogen) atoms. The van der Waals surface area contributed by atoms with E-state index in [4.69, 9.17) is 9.47 Å². The van der Waals surface area contributed by atoms with Gasteiger partial charge >= 0.3 is 0 Å². The van der Waals surface area contributed by atoms with Gasteiger partial charge in [0, 0.05) is 6.07 Å². The van der Waals surface area contributed by atoms with Gasteiger partial charge in [0.15, 0.2) is 23.7 Å². The van der Waals surface area contributed by atoms with E-state index in [0.717, 1.165) is 18.2 Å². The van der Waals surface area contributed by atoms with Crippen molar-refractivity contribution in [3.05, 3.63) is 41.0 Å². The van der Waals surface area contributed by atoms with E-state index in [1.807, 2.05) is 0 Å². The average Bonchev–Trinajstić information content (AvgIpc) is 2.77. The van der Waals surface area contributed by atoms with Crippen LogP contribution in [0.5, 0.6) is 28.7 Å². The van der Waals surface area contributed by atoms with Crippen LogP contribution in [0, 0.1) is 0 Å². The Hall–Kier alpha value is -3.13. The summed E-state index contributed by atoms with van der Waals surface area (Å²) in [5, 5.41) is 90.7. The Balaban J connectivity index is 1.77. The van der Waals surface area contributed by atoms with Crippen LogP contribution in [0.2, 0.25) is 0 Å². The van der Waals surface area contributed by atoms with Crippen LogP contribution in [0.25, 0.3) is 0 Å². The number of hydrogen-bond acceptors (Lipinski definition) is 12. The van der Waals surface area contributed by atoms with Gasteiger partial charge in [-0.3, -0.25) is 4.79 Å². The van der Waals surface area contributed by atoms with Crippen LogP contribution < -0.4 is 4.74 Å². The van der Waals surface area contributed by atoms with Crippen molar-refractivity contribution >= 4 is 5.78 Å². The minimum atomic E-state index is -1.86. The summed E-state index contributed by atoms with van der Waals surface area (Å²) in [6.07, 6.45) is -11.5. The molecule has 0 saturated carbocycles. The number of aliphatic hydroxyl groups excluding tert-OH is 5. The molecule has 2 aliphatic heterocycles. The number of fused-ring (bicyclic) bond motifs is 1. The van der Waals surface area contributed by atoms with Gasteiger partial charge in [0.05, 0.1) is 12.2 Å². The molecule has 2 aliphatic rings. The molecule has 0 aromatic heterocycles. The first-order chi connectivity index (χ1) is 15.6. The molecule has 1 saturated heterocycles. The number of ketones is 1. The number of carbonyl (C=O) groups excluding carboxylic acids is 1. The summed E-state index contributed by atoms with van der Waals surface area (Å²) in [6, 6.07) is 4.42. The lowest BCUT2D eigenvalue weighted by Crippen LogP contribution is -2.55. The summed E-state index contributed by atoms with van der Waals surface area (Å²) in [6.45, 7) is -0.754. The van der Waals surface area contributed by atoms with E-state index in [0.29, 0.717) is 0 Å². The standard InChI is InChI=1S/C21H22O12/c22-5-11-14(26)17(29)19(31)21(33-11)12-9(25)4-10-13(15(12)27)16(28)18(30)20(32-10)6-1-2-7(23)8(24)3-6/h1-4,11,14,17-27,29-31H,5H2/t11-,14-,17+,18+,19-,20-,21-/m1/s1. The number of Topliss-reactive ketones (excluding diaryl/α,β-unsaturated/α-hetero) is 1. The van der Waals surface area contributed by atoms with Crippen molar-refractivity contribution in [1.82, 2.24) is 0 Å². The molecule has 0 radical (unpaired) electrons. The largest absolute Gasteiger partial charge is 0.507 e. The number of benzene rings is 2. The number of aliphatic hydroxyl groups is 5. The van der Waals surface area contributed by atoms with Crippen molar-refractivity contribution in [1.29, 1.82) is 0 Å². The molecule has 0 aliphatic carbocycles. The monoisotopic (exact) mass is 466 g/mol. The maximum absolute atomic E-state index is 12.9. The van der Waals surface area contributed by atoms with Crippen LogP contribution >= 0.6 is 0 Å². The predicted molar refractivity (Wildman–Crippen MR) is 106 cm³/mol. The first kappa shape index (κ1) is 23.0. The van der Waals surface area contributed by atoms with Gasteiger partial charge in [0.1, 0.15) is 53.3 Å². The molecule has 0 bridgehead atoms. The Morgan fingerprint density at radius 1 is 0.818 bits per heavy atom. The molecule has 178 valence electrons. The normalized spacial score (nSPS) is 31.7. The highest BCUT2D eigenvalue weighted by Gasteiger charge is 2.48. The predicted octanol–water partition coefficient (Wildman–Crippen LogP) is -1.30. The number of ether oxygens (including phenoxy) is 2. The first-order valence-electron chi connectivity index (χ1n) is 9.87. The first-order valence-corrected chi connectivity index (χ1v) is 9.87. The zero-order chi connectivity index (χ0) is 24.2. The average molecular weight is 466 g/mol. The Bertz CT molecular complexity index is 1080. The Kier molecular flexibility index (Phi) is 5.82. The van der Waals surface area contributed by atoms with Crippen LogP contribution in [-0.2, 0) is 4.74 Å². The zero-order valence-electron chi connectivity index (χ0n) is 16.8. The number of rotatable bonds is 3. The molecule has 2 heterocycles. The number of phenolic OH excluding ortho intramolecular Hbond substituents is 4. The fourth-order valence-electron chi connectivity index (χ4n) is 4.05. The van der Waals surface area contributed by atoms with Crippen LogP contribution in [0.1, 0.15) is 33.7 Å². The second-order valence-electron chi connectivity index (χ2n) is 7.88. The van der Waals surface area contributed by atoms with Gasteiger partial charge < -0.3 is 55.4 Å². The van der Waals surface area contributed by atoms with Gasteiger partial charge in [-0.05, 0) is 17.7 Å². The van der Waals surface area contributed by atoms with E-state index >= 15 is 0 Å². The van der Waals surface area contributed by atoms with Gasteiger partial charge in [-0.1, -0.05) is 6.07 Å². The molecule has 2 aromatic carbocycles. The van der Waals surface area contributed by atoms with Crippen LogP contribution in [-0.4, -0.2) is 88.9 Å². The number of aromatic hydroxyl groups is 4. The van der Waals surface area contributed by atoms with Crippen molar-refractivity contribution in [2.24, 2.45) is 0 Å². The molecule has 4 rings (SSSR count). The summed E-state index contributed by atoms with van der Waals surface area (Å²) < 4.78 is 10.9. The minimum absolute atomic E-state index is 0.119. The summed E-state index contributed by atoms with van der Waals surface area (Å²) in [5.41, 5.74) is -0.934. The third kappa shape index (κ3) is 3.62. The molecular weight excluding hydrogens is 444 g/mol. The van der Waals surface area contributed by atoms with Crippen molar-refractivity contribution in [2.45, 2.75) is 42.7 Å². The fourth-order valence-corrected chi connectivity index (χ4v) is 4.05. The van der Waals surface area contributed by atoms with Crippen molar-refractivity contribution in [3.8, 4) is 28.7 Å². The minimum Gasteiger partial charge on any atom is -0.507 e. The lowest BCUT2D eigenvalue weighted by atomic mass is 9.86. The van der Waals surface area contributed by atoms with E-state index in [-0.39, 0.29) is 11.3 Å². The van der Waals surface area contributed by atoms with E-state index in [1.54, 1.807) is 0 Å². The highest BCUT2D eigenvalue weighted by molar-refractivity contribution is 6.06. The summed E-state index contributed by atoms with van der Waals surface area (Å²) in [7, 11) is 0. The van der Waals surface area contributed by atoms with E-state index < -0.39 is 89.2 Å². The van der Waals surface area contributed by atoms with Gasteiger partial charge in [-0.25, -0.2) is 0 Å². The smallest absolute Gasteiger partial charge is 0.202 e. The molecule has 0 unspecified atom stereocenters. The second-order valence-corrected chi connectivity index (χ2v) is 7.88. The van der Waals surface area contributed by atoms with Crippen LogP contribution in [0.3, 0.4) is 0 Å². The lowest BCUT2D eigenvalue weighted by molar-refractivity contribution is -0.232. The number of carbonyl (C=O) groups is 1. The van der Waals surface area contributed by atoms with Crippen molar-refractivity contribution in [3.63, 3.8) is 0 Å². The molecular formula is C21H22O12. The lowest BCUT2D eigenvalue weighted by Gasteiger charge is -2.41. The third-order valence-corrected chi connectivity index (χ3v) is 5.84. The van der Waals surface area contributed by atoms with Crippen molar-refractivity contribution in [2.75, 3.05) is 6.61 Å². The van der Waals surface area contributed by atoms with E-state index in [9.17, 15) is 50.8 Å². The van der Waals surface area contributed by atoms with Crippen molar-refractivity contribution < 1.29 is 60.2 Å². The highest BCUT2D eigenvalue weighted by Crippen LogP contribution is 2.49. The third-order valence-electron chi connectivity index (χ3n) is 5.84. The maximum atomic E-state index is 12.9. The zero-order valence-corrected chi connectivity index (χ0v) is 16.8. The molecule has 2 aromatic rings. The molecule has 0 amide bonds. The quantitative estimate of drug-likeness (QED) is 0.241. The van der Waals surface area contributed by atoms with E-state index in [1.165, 1.54) is 6.07 Å². The fraction of sp³-hybridized carbons (Fsp3) is 0.381. The molecule has 12 heteroatoms. The Morgan fingerprint density at radius 3 is 2.15 bits per heavy atom. The van der Waals surface area contributed by atoms with Gasteiger partial charge in [-0.15, -0.1) is 0 Å². The van der Waals surface area contributed by atoms with Gasteiger partial charge in [0.25, 0.3) is 0 Å². The topological polar surface area (TPSA) is 218 Å². The summed E-state index contributed by atoms with van der Waals surface area (Å²) >= 11 is 0. The Morgan fingerprint density at radius 2 is 1.52 bits per heavy atom. The molecule has 7 atom stereocenters. The SMILES string of the molecule is O=C1c2c(cc(O)c([C@H]3O[C@H](CO)[C@@H](O)[C@H](O)[C@H]3O)c2O)O[C@H](c2ccc(O)c(O)c2)[C@H]1O. The highest BCUT2D eigenvalue weighted by atomic mass is 16.5. The number of hydrogen-bond donors (Lipinski definition) is 9. The van der Waals surface area contributed by atoms with Gasteiger partial charge in [-0.2, -0.15) is 0 Å². The summed E-state index contributed by atoms with van der Waals surface area (Å²) in [5.74, 6) is -3.90. The van der Waals surface area contributed by atoms with Crippen LogP contribution in [0.15, 0.2) is 24.3 Å². The maximum Gasteiger partial charge on any atom is 0.202 e. The van der Waals surface area contributed by atoms with E-state index in [2.05, 4.69) is 0 Å². The summed E-state index contributed by atoms with van der Waals surface area (Å²) in [4.78, 5) is 12.9. The molecule has 9 N–H and O–H groups in total. The molecule has 12 nitrogen and oxygen atoms in total. The second kappa shape index (κ2) is 8.33. The molecule has 1 fully saturated rings. The van der Waals surface area contributed by atoms with Gasteiger partial charge in [0.2, 0.25) is 5.78 Å². The Labute approximate surface area is 185 Å². The number of phenols is 4. The molecule has 0 spiro atoms. The van der Waals surface area contributed by atoms with Crippen LogP contribution in [0.4, 0.5) is 0 Å².